The van der Waals surface area contributed by atoms with Gasteiger partial charge in [0.05, 0.1) is 17.8 Å². The number of halogens is 2. The summed E-state index contributed by atoms with van der Waals surface area (Å²) in [6.07, 6.45) is 0. The van der Waals surface area contributed by atoms with Gasteiger partial charge in [0.2, 0.25) is 0 Å². The second-order valence-corrected chi connectivity index (χ2v) is 12.5. The first-order chi connectivity index (χ1) is 21.5. The third kappa shape index (κ3) is 7.17. The lowest BCUT2D eigenvalue weighted by molar-refractivity contribution is 0.0746. The fourth-order valence-electron chi connectivity index (χ4n) is 5.58. The minimum absolute atomic E-state index is 0.0470. The Morgan fingerprint density at radius 2 is 1.50 bits per heavy atom. The third-order valence-electron chi connectivity index (χ3n) is 8.00. The number of thioether (sulfide) groups is 1. The Morgan fingerprint density at radius 3 is 2.23 bits per heavy atom. The number of ether oxygens (including phenoxy) is 1. The van der Waals surface area contributed by atoms with E-state index in [1.54, 1.807) is 7.11 Å². The highest BCUT2D eigenvalue weighted by atomic mass is 35.5. The van der Waals surface area contributed by atoms with Crippen molar-refractivity contribution in [2.24, 2.45) is 0 Å². The van der Waals surface area contributed by atoms with E-state index in [9.17, 15) is 4.79 Å². The van der Waals surface area contributed by atoms with Crippen LogP contribution in [0.5, 0.6) is 5.75 Å². The number of carbonyl (C=O) groups excluding carboxylic acids is 1. The molecule has 4 aromatic rings. The van der Waals surface area contributed by atoms with Crippen LogP contribution in [0.2, 0.25) is 10.2 Å². The van der Waals surface area contributed by atoms with E-state index in [4.69, 9.17) is 32.9 Å². The van der Waals surface area contributed by atoms with Crippen molar-refractivity contribution in [1.29, 1.82) is 0 Å². The van der Waals surface area contributed by atoms with Crippen LogP contribution in [0.25, 0.3) is 0 Å². The van der Waals surface area contributed by atoms with Crippen LogP contribution in [0.3, 0.4) is 0 Å². The molecule has 2 fully saturated rings. The second kappa shape index (κ2) is 14.0. The van der Waals surface area contributed by atoms with E-state index in [-0.39, 0.29) is 5.91 Å². The van der Waals surface area contributed by atoms with Crippen molar-refractivity contribution < 1.29 is 9.53 Å². The van der Waals surface area contributed by atoms with Crippen molar-refractivity contribution in [2.45, 2.75) is 10.9 Å². The number of para-hydroxylation sites is 1. The molecule has 8 nitrogen and oxygen atoms in total. The molecule has 0 spiro atoms. The second-order valence-electron chi connectivity index (χ2n) is 10.7. The topological polar surface area (TPSA) is 65.0 Å². The van der Waals surface area contributed by atoms with Gasteiger partial charge < -0.3 is 24.3 Å². The normalized spacial score (nSPS) is 15.4. The number of hydrogen-bond donors (Lipinski definition) is 0. The van der Waals surface area contributed by atoms with Gasteiger partial charge in [-0.15, -0.1) is 0 Å². The molecular formula is C33H34Cl2N6O2S. The number of benzene rings is 3. The van der Waals surface area contributed by atoms with Gasteiger partial charge in [-0.25, -0.2) is 9.97 Å². The lowest BCUT2D eigenvalue weighted by Gasteiger charge is -2.36. The first kappa shape index (κ1) is 30.4. The van der Waals surface area contributed by atoms with E-state index in [0.717, 1.165) is 67.1 Å². The van der Waals surface area contributed by atoms with Gasteiger partial charge in [0.15, 0.2) is 5.16 Å². The molecule has 1 aromatic heterocycles. The molecule has 0 unspecified atom stereocenters. The summed E-state index contributed by atoms with van der Waals surface area (Å²) < 4.78 is 5.29. The number of aromatic nitrogens is 2. The fraction of sp³-hybridized carbons (Fsp3) is 0.303. The molecule has 0 aliphatic carbocycles. The van der Waals surface area contributed by atoms with Crippen molar-refractivity contribution in [3.05, 3.63) is 100 Å². The van der Waals surface area contributed by atoms with Crippen molar-refractivity contribution >= 4 is 58.1 Å². The predicted molar refractivity (Wildman–Crippen MR) is 180 cm³/mol. The molecular weight excluding hydrogens is 615 g/mol. The number of methoxy groups -OCH3 is 1. The SMILES string of the molecule is COc1ccc(N2CCN(c3cc(Cl)nc(SCc4cccc(C(=O)N5CCN(c6ccccc6Cl)CC5)c4)n3)CC2)cc1. The number of piperazine rings is 2. The molecule has 2 aliphatic heterocycles. The van der Waals surface area contributed by atoms with E-state index in [1.807, 2.05) is 71.6 Å². The summed E-state index contributed by atoms with van der Waals surface area (Å²) in [5, 5.41) is 1.79. The molecule has 0 saturated carbocycles. The van der Waals surface area contributed by atoms with Gasteiger partial charge in [-0.2, -0.15) is 0 Å². The van der Waals surface area contributed by atoms with Gasteiger partial charge in [0.25, 0.3) is 5.91 Å². The highest BCUT2D eigenvalue weighted by molar-refractivity contribution is 7.98. The van der Waals surface area contributed by atoms with Crippen LogP contribution in [0, 0.1) is 0 Å². The molecule has 3 aromatic carbocycles. The van der Waals surface area contributed by atoms with Crippen molar-refractivity contribution in [2.75, 3.05) is 74.2 Å². The predicted octanol–water partition coefficient (Wildman–Crippen LogP) is 6.37. The van der Waals surface area contributed by atoms with Crippen LogP contribution >= 0.6 is 35.0 Å². The molecule has 44 heavy (non-hydrogen) atoms. The number of nitrogens with zero attached hydrogens (tertiary/aromatic N) is 6. The fourth-order valence-corrected chi connectivity index (χ4v) is 6.86. The quantitative estimate of drug-likeness (QED) is 0.124. The highest BCUT2D eigenvalue weighted by Gasteiger charge is 2.24. The van der Waals surface area contributed by atoms with Gasteiger partial charge in [-0.3, -0.25) is 4.79 Å². The van der Waals surface area contributed by atoms with E-state index >= 15 is 0 Å². The van der Waals surface area contributed by atoms with E-state index in [2.05, 4.69) is 31.8 Å². The zero-order valence-electron chi connectivity index (χ0n) is 24.5. The Labute approximate surface area is 272 Å². The molecule has 2 saturated heterocycles. The smallest absolute Gasteiger partial charge is 0.253 e. The Morgan fingerprint density at radius 1 is 0.795 bits per heavy atom. The monoisotopic (exact) mass is 648 g/mol. The summed E-state index contributed by atoms with van der Waals surface area (Å²) in [6, 6.07) is 25.7. The highest BCUT2D eigenvalue weighted by Crippen LogP contribution is 2.28. The summed E-state index contributed by atoms with van der Waals surface area (Å²) in [7, 11) is 1.68. The molecule has 0 bridgehead atoms. The van der Waals surface area contributed by atoms with Gasteiger partial charge in [0.1, 0.15) is 16.7 Å². The van der Waals surface area contributed by atoms with Crippen molar-refractivity contribution in [1.82, 2.24) is 14.9 Å². The zero-order valence-corrected chi connectivity index (χ0v) is 26.9. The minimum Gasteiger partial charge on any atom is -0.497 e. The van der Waals surface area contributed by atoms with Crippen molar-refractivity contribution in [3.63, 3.8) is 0 Å². The van der Waals surface area contributed by atoms with Crippen LogP contribution < -0.4 is 19.4 Å². The maximum absolute atomic E-state index is 13.4. The average Bonchev–Trinajstić information content (AvgIpc) is 3.07. The lowest BCUT2D eigenvalue weighted by Crippen LogP contribution is -2.48. The number of amides is 1. The molecule has 228 valence electrons. The van der Waals surface area contributed by atoms with E-state index in [1.165, 1.54) is 17.4 Å². The standard InChI is InChI=1S/C33H34Cl2N6O2S/c1-43-27-11-9-26(10-12-27)38-13-17-40(18-14-38)31-22-30(35)36-33(37-31)44-23-24-5-4-6-25(21-24)32(42)41-19-15-39(16-20-41)29-8-3-2-7-28(29)34/h2-12,21-22H,13-20,23H2,1H3. The van der Waals surface area contributed by atoms with Crippen LogP contribution in [0.1, 0.15) is 15.9 Å². The molecule has 11 heteroatoms. The Kier molecular flexibility index (Phi) is 9.64. The van der Waals surface area contributed by atoms with Gasteiger partial charge in [-0.1, -0.05) is 59.2 Å². The Hall–Kier alpha value is -3.66. The summed E-state index contributed by atoms with van der Waals surface area (Å²) >= 11 is 14.3. The molecule has 6 rings (SSSR count). The van der Waals surface area contributed by atoms with Gasteiger partial charge >= 0.3 is 0 Å². The minimum atomic E-state index is 0.0470. The number of carbonyl (C=O) groups is 1. The summed E-state index contributed by atoms with van der Waals surface area (Å²) in [5.74, 6) is 2.37. The van der Waals surface area contributed by atoms with Crippen LogP contribution in [0.15, 0.2) is 84.0 Å². The number of hydrogen-bond acceptors (Lipinski definition) is 8. The van der Waals surface area contributed by atoms with E-state index < -0.39 is 0 Å². The summed E-state index contributed by atoms with van der Waals surface area (Å²) in [6.45, 7) is 6.22. The lowest BCUT2D eigenvalue weighted by atomic mass is 10.1. The first-order valence-corrected chi connectivity index (χ1v) is 16.4. The molecule has 2 aliphatic rings. The van der Waals surface area contributed by atoms with Gasteiger partial charge in [0, 0.05) is 75.4 Å². The Bertz CT molecular complexity index is 1590. The molecule has 0 radical (unpaired) electrons. The summed E-state index contributed by atoms with van der Waals surface area (Å²) in [4.78, 5) is 31.4. The molecule has 0 atom stereocenters. The molecule has 1 amide bonds. The van der Waals surface area contributed by atoms with Crippen LogP contribution in [-0.2, 0) is 5.75 Å². The van der Waals surface area contributed by atoms with Gasteiger partial charge in [-0.05, 0) is 54.1 Å². The molecule has 0 N–H and O–H groups in total. The largest absolute Gasteiger partial charge is 0.497 e. The maximum Gasteiger partial charge on any atom is 0.253 e. The number of rotatable bonds is 8. The van der Waals surface area contributed by atoms with E-state index in [0.29, 0.717) is 34.7 Å². The number of anilines is 3. The van der Waals surface area contributed by atoms with Crippen LogP contribution in [-0.4, -0.2) is 80.2 Å². The first-order valence-electron chi connectivity index (χ1n) is 14.7. The average molecular weight is 650 g/mol. The Balaban J connectivity index is 1.04. The summed E-state index contributed by atoms with van der Waals surface area (Å²) in [5.41, 5.74) is 3.93. The van der Waals surface area contributed by atoms with Crippen LogP contribution in [0.4, 0.5) is 17.2 Å². The molecule has 3 heterocycles. The van der Waals surface area contributed by atoms with Crippen molar-refractivity contribution in [3.8, 4) is 5.75 Å². The maximum atomic E-state index is 13.4. The third-order valence-corrected chi connectivity index (χ3v) is 9.44. The zero-order chi connectivity index (χ0) is 30.5.